The summed E-state index contributed by atoms with van der Waals surface area (Å²) >= 11 is 0. The van der Waals surface area contributed by atoms with E-state index in [1.54, 1.807) is 31.2 Å². The number of nitrogens with two attached hydrogens (primary N) is 1. The zero-order chi connectivity index (χ0) is 19.3. The topological polar surface area (TPSA) is 93.4 Å². The van der Waals surface area contributed by atoms with E-state index < -0.39 is 12.1 Å². The van der Waals surface area contributed by atoms with E-state index in [1.165, 1.54) is 5.56 Å². The van der Waals surface area contributed by atoms with Crippen LogP contribution < -0.4 is 21.1 Å². The van der Waals surface area contributed by atoms with Crippen LogP contribution in [-0.2, 0) is 4.79 Å². The molecule has 0 bridgehead atoms. The molecule has 4 N–H and O–H groups in total. The van der Waals surface area contributed by atoms with Gasteiger partial charge in [0.2, 0.25) is 0 Å². The summed E-state index contributed by atoms with van der Waals surface area (Å²) in [5, 5.41) is 5.23. The molecule has 0 aliphatic heterocycles. The first-order valence-electron chi connectivity index (χ1n) is 8.51. The number of urea groups is 1. The third-order valence-electron chi connectivity index (χ3n) is 3.94. The van der Waals surface area contributed by atoms with Gasteiger partial charge in [0.25, 0.3) is 5.91 Å². The molecule has 0 fully saturated rings. The van der Waals surface area contributed by atoms with Gasteiger partial charge in [-0.1, -0.05) is 26.0 Å². The van der Waals surface area contributed by atoms with Gasteiger partial charge < -0.3 is 21.1 Å². The van der Waals surface area contributed by atoms with E-state index in [-0.39, 0.29) is 5.91 Å². The van der Waals surface area contributed by atoms with Gasteiger partial charge in [0.1, 0.15) is 5.75 Å². The fourth-order valence-electron chi connectivity index (χ4n) is 2.69. The fraction of sp³-hybridized carbons (Fsp3) is 0.300. The van der Waals surface area contributed by atoms with Crippen LogP contribution >= 0.6 is 0 Å². The number of nitrogens with one attached hydrogen (secondary N) is 2. The number of amides is 3. The van der Waals surface area contributed by atoms with E-state index in [2.05, 4.69) is 24.5 Å². The normalized spacial score (nSPS) is 11.7. The first-order valence-corrected chi connectivity index (χ1v) is 8.51. The summed E-state index contributed by atoms with van der Waals surface area (Å²) in [5.41, 5.74) is 8.53. The van der Waals surface area contributed by atoms with Crippen molar-refractivity contribution in [3.05, 3.63) is 53.6 Å². The maximum absolute atomic E-state index is 12.4. The average molecular weight is 355 g/mol. The predicted octanol–water partition coefficient (Wildman–Crippen LogP) is 4.02. The van der Waals surface area contributed by atoms with Crippen molar-refractivity contribution in [3.63, 3.8) is 0 Å². The van der Waals surface area contributed by atoms with Crippen LogP contribution in [-0.4, -0.2) is 18.0 Å². The van der Waals surface area contributed by atoms with Crippen LogP contribution in [0.25, 0.3) is 0 Å². The highest BCUT2D eigenvalue weighted by atomic mass is 16.5. The molecule has 0 aliphatic carbocycles. The Hall–Kier alpha value is -3.02. The minimum atomic E-state index is -0.674. The highest BCUT2D eigenvalue weighted by Gasteiger charge is 2.16. The van der Waals surface area contributed by atoms with E-state index in [1.807, 2.05) is 25.1 Å². The van der Waals surface area contributed by atoms with Crippen molar-refractivity contribution in [2.45, 2.75) is 39.7 Å². The Labute approximate surface area is 153 Å². The van der Waals surface area contributed by atoms with Gasteiger partial charge in [-0.3, -0.25) is 4.79 Å². The number of aryl methyl sites for hydroxylation is 1. The molecular weight excluding hydrogens is 330 g/mol. The molecule has 0 saturated heterocycles. The molecule has 1 atom stereocenters. The summed E-state index contributed by atoms with van der Waals surface area (Å²) in [6.45, 7) is 8.00. The Bertz CT molecular complexity index is 803. The Morgan fingerprint density at radius 1 is 1.00 bits per heavy atom. The monoisotopic (exact) mass is 355 g/mol. The number of carbonyl (C=O) groups excluding carboxylic acids is 2. The van der Waals surface area contributed by atoms with Crippen LogP contribution in [0.15, 0.2) is 42.5 Å². The SMILES string of the molecule is Cc1cc(OC(C)C(=O)Nc2cccc(NC(N)=O)c2)ccc1C(C)C. The van der Waals surface area contributed by atoms with Crippen LogP contribution in [0.1, 0.15) is 37.8 Å². The molecule has 2 aromatic rings. The highest BCUT2D eigenvalue weighted by Crippen LogP contribution is 2.24. The summed E-state index contributed by atoms with van der Waals surface area (Å²) in [7, 11) is 0. The number of primary amides is 1. The molecule has 138 valence electrons. The molecule has 1 unspecified atom stereocenters. The lowest BCUT2D eigenvalue weighted by Crippen LogP contribution is -2.30. The first-order chi connectivity index (χ1) is 12.3. The molecule has 0 radical (unpaired) electrons. The smallest absolute Gasteiger partial charge is 0.316 e. The van der Waals surface area contributed by atoms with E-state index >= 15 is 0 Å². The quantitative estimate of drug-likeness (QED) is 0.730. The first kappa shape index (κ1) is 19.3. The number of rotatable bonds is 6. The summed E-state index contributed by atoms with van der Waals surface area (Å²) in [6, 6.07) is 11.9. The number of hydrogen-bond donors (Lipinski definition) is 3. The zero-order valence-corrected chi connectivity index (χ0v) is 15.5. The van der Waals surface area contributed by atoms with Gasteiger partial charge in [-0.05, 0) is 61.2 Å². The molecule has 26 heavy (non-hydrogen) atoms. The van der Waals surface area contributed by atoms with Crippen molar-refractivity contribution in [3.8, 4) is 5.75 Å². The lowest BCUT2D eigenvalue weighted by Gasteiger charge is -2.17. The van der Waals surface area contributed by atoms with Crippen molar-refractivity contribution >= 4 is 23.3 Å². The third kappa shape index (κ3) is 5.24. The van der Waals surface area contributed by atoms with E-state index in [0.717, 1.165) is 5.56 Å². The Morgan fingerprint density at radius 2 is 1.65 bits per heavy atom. The van der Waals surface area contributed by atoms with Gasteiger partial charge in [0.15, 0.2) is 6.10 Å². The maximum Gasteiger partial charge on any atom is 0.316 e. The zero-order valence-electron chi connectivity index (χ0n) is 15.5. The van der Waals surface area contributed by atoms with E-state index in [0.29, 0.717) is 23.0 Å². The van der Waals surface area contributed by atoms with Crippen molar-refractivity contribution in [1.82, 2.24) is 0 Å². The van der Waals surface area contributed by atoms with Crippen molar-refractivity contribution in [2.75, 3.05) is 10.6 Å². The van der Waals surface area contributed by atoms with Crippen molar-refractivity contribution in [1.29, 1.82) is 0 Å². The molecule has 3 amide bonds. The maximum atomic E-state index is 12.4. The second-order valence-corrected chi connectivity index (χ2v) is 6.49. The lowest BCUT2D eigenvalue weighted by molar-refractivity contribution is -0.122. The number of anilines is 2. The van der Waals surface area contributed by atoms with Crippen LogP contribution in [0.2, 0.25) is 0 Å². The van der Waals surface area contributed by atoms with E-state index in [9.17, 15) is 9.59 Å². The predicted molar refractivity (Wildman–Crippen MR) is 104 cm³/mol. The molecule has 0 aliphatic rings. The highest BCUT2D eigenvalue weighted by molar-refractivity contribution is 5.95. The lowest BCUT2D eigenvalue weighted by atomic mass is 9.98. The number of ether oxygens (including phenoxy) is 1. The van der Waals surface area contributed by atoms with Crippen LogP contribution in [0, 0.1) is 6.92 Å². The molecule has 2 rings (SSSR count). The van der Waals surface area contributed by atoms with Gasteiger partial charge >= 0.3 is 6.03 Å². The summed E-state index contributed by atoms with van der Waals surface area (Å²) in [5.74, 6) is 0.802. The molecule has 6 heteroatoms. The van der Waals surface area contributed by atoms with Crippen LogP contribution in [0.3, 0.4) is 0 Å². The third-order valence-corrected chi connectivity index (χ3v) is 3.94. The number of benzene rings is 2. The van der Waals surface area contributed by atoms with Gasteiger partial charge in [-0.25, -0.2) is 4.79 Å². The molecule has 2 aromatic carbocycles. The number of hydrogen-bond acceptors (Lipinski definition) is 3. The van der Waals surface area contributed by atoms with Crippen LogP contribution in [0.5, 0.6) is 5.75 Å². The molecule has 0 heterocycles. The minimum absolute atomic E-state index is 0.285. The molecular formula is C20H25N3O3. The Balaban J connectivity index is 2.01. The second kappa shape index (κ2) is 8.38. The molecule has 0 saturated carbocycles. The molecule has 0 aromatic heterocycles. The molecule has 6 nitrogen and oxygen atoms in total. The van der Waals surface area contributed by atoms with Gasteiger partial charge in [0.05, 0.1) is 0 Å². The minimum Gasteiger partial charge on any atom is -0.481 e. The van der Waals surface area contributed by atoms with Crippen molar-refractivity contribution < 1.29 is 14.3 Å². The van der Waals surface area contributed by atoms with Crippen molar-refractivity contribution in [2.24, 2.45) is 5.73 Å². The van der Waals surface area contributed by atoms with Crippen LogP contribution in [0.4, 0.5) is 16.2 Å². The summed E-state index contributed by atoms with van der Waals surface area (Å²) < 4.78 is 5.76. The van der Waals surface area contributed by atoms with E-state index in [4.69, 9.17) is 10.5 Å². The average Bonchev–Trinajstić information content (AvgIpc) is 2.54. The standard InChI is InChI=1S/C20H25N3O3/c1-12(2)18-9-8-17(10-13(18)3)26-14(4)19(24)22-15-6-5-7-16(11-15)23-20(21)25/h5-12,14H,1-4H3,(H,22,24)(H3,21,23,25). The Kier molecular flexibility index (Phi) is 6.22. The van der Waals surface area contributed by atoms with Gasteiger partial charge in [-0.2, -0.15) is 0 Å². The summed E-state index contributed by atoms with van der Waals surface area (Å²) in [4.78, 5) is 23.3. The summed E-state index contributed by atoms with van der Waals surface area (Å²) in [6.07, 6.45) is -0.674. The second-order valence-electron chi connectivity index (χ2n) is 6.49. The van der Waals surface area contributed by atoms with Gasteiger partial charge in [0, 0.05) is 11.4 Å². The fourth-order valence-corrected chi connectivity index (χ4v) is 2.69. The molecule has 0 spiro atoms. The number of carbonyl (C=O) groups is 2. The van der Waals surface area contributed by atoms with Gasteiger partial charge in [-0.15, -0.1) is 0 Å². The Morgan fingerprint density at radius 3 is 2.23 bits per heavy atom. The largest absolute Gasteiger partial charge is 0.481 e.